The van der Waals surface area contributed by atoms with Gasteiger partial charge in [-0.1, -0.05) is 31.0 Å². The molecule has 2 N–H and O–H groups in total. The lowest BCUT2D eigenvalue weighted by molar-refractivity contribution is -0.143. The second-order valence-electron chi connectivity index (χ2n) is 13.5. The van der Waals surface area contributed by atoms with Gasteiger partial charge in [0.25, 0.3) is 17.4 Å². The van der Waals surface area contributed by atoms with E-state index in [1.54, 1.807) is 66.0 Å². The number of fused-ring (bicyclic) bond motifs is 2. The molecule has 0 saturated heterocycles. The molecule has 56 heavy (non-hydrogen) atoms. The quantitative estimate of drug-likeness (QED) is 0.124. The standard InChI is InChI=1S/C39H36F3N9O5/c40-39(41,42)24-51-37(55)31(18-32(47-51)25-5-8-30(9-6-25)46-38(56)48-21-27-13-15-43-19-29(27)22-48)26-7-10-33-28(17-26)20-45-50(33)16-4-2-1-3-14-44-34(52)23-49-35(53)11-12-36(49)54/h5-13,15,17-20H,1-4,14,16,21-24H2,(H,44,52)(H,46,56). The number of nitrogens with one attached hydrogen (secondary N) is 2. The lowest BCUT2D eigenvalue weighted by atomic mass is 10.0. The zero-order valence-corrected chi connectivity index (χ0v) is 30.0. The number of aromatic nitrogens is 5. The van der Waals surface area contributed by atoms with Crippen LogP contribution in [-0.4, -0.2) is 77.4 Å². The highest BCUT2D eigenvalue weighted by molar-refractivity contribution is 6.14. The number of amides is 5. The molecule has 14 nitrogen and oxygen atoms in total. The van der Waals surface area contributed by atoms with Gasteiger partial charge in [0, 0.05) is 67.4 Å². The minimum atomic E-state index is -4.69. The maximum atomic E-state index is 13.6. The van der Waals surface area contributed by atoms with Gasteiger partial charge in [-0.05, 0) is 65.9 Å². The summed E-state index contributed by atoms with van der Waals surface area (Å²) in [5, 5.41) is 14.8. The molecule has 288 valence electrons. The van der Waals surface area contributed by atoms with Crippen LogP contribution in [0.4, 0.5) is 23.7 Å². The summed E-state index contributed by atoms with van der Waals surface area (Å²) in [5.74, 6) is -1.41. The molecule has 2 aliphatic heterocycles. The molecule has 0 saturated carbocycles. The van der Waals surface area contributed by atoms with Gasteiger partial charge < -0.3 is 15.5 Å². The first-order valence-electron chi connectivity index (χ1n) is 17.9. The van der Waals surface area contributed by atoms with E-state index in [0.717, 1.165) is 53.0 Å². The number of nitrogens with zero attached hydrogens (tertiary/aromatic N) is 7. The molecule has 0 atom stereocenters. The molecule has 0 spiro atoms. The highest BCUT2D eigenvalue weighted by Crippen LogP contribution is 2.28. The molecule has 3 aromatic heterocycles. The molecule has 2 aromatic carbocycles. The fourth-order valence-electron chi connectivity index (χ4n) is 6.64. The maximum absolute atomic E-state index is 13.6. The first-order chi connectivity index (χ1) is 26.9. The number of pyridine rings is 1. The van der Waals surface area contributed by atoms with Crippen LogP contribution in [0.5, 0.6) is 0 Å². The highest BCUT2D eigenvalue weighted by Gasteiger charge is 2.30. The van der Waals surface area contributed by atoms with Crippen molar-refractivity contribution in [2.45, 2.75) is 58.0 Å². The number of hydrogen-bond donors (Lipinski definition) is 2. The number of imide groups is 1. The average molecular weight is 768 g/mol. The number of anilines is 1. The van der Waals surface area contributed by atoms with Crippen molar-refractivity contribution in [2.75, 3.05) is 18.4 Å². The largest absolute Gasteiger partial charge is 0.408 e. The minimum absolute atomic E-state index is 0.0387. The van der Waals surface area contributed by atoms with Crippen molar-refractivity contribution in [3.05, 3.63) is 107 Å². The molecule has 0 unspecified atom stereocenters. The zero-order valence-electron chi connectivity index (χ0n) is 30.0. The Morgan fingerprint density at radius 1 is 0.804 bits per heavy atom. The summed E-state index contributed by atoms with van der Waals surface area (Å²) in [6, 6.07) is 14.7. The Morgan fingerprint density at radius 2 is 1.54 bits per heavy atom. The van der Waals surface area contributed by atoms with Crippen LogP contribution in [0, 0.1) is 0 Å². The second-order valence-corrected chi connectivity index (χ2v) is 13.5. The molecule has 0 radical (unpaired) electrons. The predicted octanol–water partition coefficient (Wildman–Crippen LogP) is 5.03. The molecular weight excluding hydrogens is 731 g/mol. The fourth-order valence-corrected chi connectivity index (χ4v) is 6.64. The van der Waals surface area contributed by atoms with Crippen LogP contribution in [0.1, 0.15) is 36.8 Å². The number of carbonyl (C=O) groups is 4. The van der Waals surface area contributed by atoms with Crippen LogP contribution in [-0.2, 0) is 40.6 Å². The Kier molecular flexibility index (Phi) is 10.7. The van der Waals surface area contributed by atoms with Crippen molar-refractivity contribution in [1.82, 2.24) is 39.7 Å². The van der Waals surface area contributed by atoms with Crippen LogP contribution < -0.4 is 16.2 Å². The third-order valence-corrected chi connectivity index (χ3v) is 9.52. The Bertz CT molecular complexity index is 2360. The van der Waals surface area contributed by atoms with Crippen LogP contribution in [0.2, 0.25) is 0 Å². The third kappa shape index (κ3) is 8.66. The number of benzene rings is 2. The summed E-state index contributed by atoms with van der Waals surface area (Å²) in [5.41, 5.74) is 3.41. The number of hydrogen-bond acceptors (Lipinski definition) is 8. The van der Waals surface area contributed by atoms with Crippen molar-refractivity contribution in [3.63, 3.8) is 0 Å². The normalized spacial score (nSPS) is 13.8. The molecule has 7 rings (SSSR count). The summed E-state index contributed by atoms with van der Waals surface area (Å²) >= 11 is 0. The number of halogens is 3. The van der Waals surface area contributed by atoms with Crippen LogP contribution in [0.25, 0.3) is 33.3 Å². The SMILES string of the molecule is O=C(CN1C(=O)C=CC1=O)NCCCCCCn1ncc2cc(-c3cc(-c4ccc(NC(=O)N5Cc6ccncc6C5)cc4)nn(CC(F)(F)F)c3=O)ccc21. The second kappa shape index (κ2) is 16.0. The molecule has 17 heteroatoms. The molecule has 0 aliphatic carbocycles. The summed E-state index contributed by atoms with van der Waals surface area (Å²) in [7, 11) is 0. The monoisotopic (exact) mass is 767 g/mol. The number of rotatable bonds is 13. The van der Waals surface area contributed by atoms with E-state index < -0.39 is 36.0 Å². The van der Waals surface area contributed by atoms with Gasteiger partial charge in [0.2, 0.25) is 5.91 Å². The van der Waals surface area contributed by atoms with Crippen molar-refractivity contribution in [2.24, 2.45) is 0 Å². The van der Waals surface area contributed by atoms with Gasteiger partial charge in [-0.25, -0.2) is 9.48 Å². The molecule has 5 aromatic rings. The topological polar surface area (TPSA) is 164 Å². The highest BCUT2D eigenvalue weighted by atomic mass is 19.4. The van der Waals surface area contributed by atoms with Gasteiger partial charge in [-0.2, -0.15) is 23.4 Å². The summed E-state index contributed by atoms with van der Waals surface area (Å²) < 4.78 is 43.1. The Hall–Kier alpha value is -6.65. The summed E-state index contributed by atoms with van der Waals surface area (Å²) in [6.45, 7) is -0.00291. The van der Waals surface area contributed by atoms with Gasteiger partial charge >= 0.3 is 12.2 Å². The first-order valence-corrected chi connectivity index (χ1v) is 17.9. The summed E-state index contributed by atoms with van der Waals surface area (Å²) in [6.07, 6.45) is 5.79. The van der Waals surface area contributed by atoms with E-state index in [0.29, 0.717) is 59.5 Å². The zero-order chi connectivity index (χ0) is 39.4. The van der Waals surface area contributed by atoms with Crippen molar-refractivity contribution in [3.8, 4) is 22.4 Å². The van der Waals surface area contributed by atoms with E-state index in [1.807, 2.05) is 10.7 Å². The Morgan fingerprint density at radius 3 is 2.29 bits per heavy atom. The van der Waals surface area contributed by atoms with Gasteiger partial charge in [0.15, 0.2) is 0 Å². The molecule has 5 amide bonds. The predicted molar refractivity (Wildman–Crippen MR) is 199 cm³/mol. The van der Waals surface area contributed by atoms with E-state index >= 15 is 0 Å². The van der Waals surface area contributed by atoms with Crippen molar-refractivity contribution in [1.29, 1.82) is 0 Å². The van der Waals surface area contributed by atoms with Gasteiger partial charge in [-0.3, -0.25) is 33.7 Å². The van der Waals surface area contributed by atoms with Crippen LogP contribution in [0.15, 0.2) is 90.1 Å². The fraction of sp³-hybridized carbons (Fsp3) is 0.282. The lowest BCUT2D eigenvalue weighted by Gasteiger charge is -2.17. The first kappa shape index (κ1) is 37.7. The van der Waals surface area contributed by atoms with E-state index in [4.69, 9.17) is 0 Å². The Balaban J connectivity index is 0.983. The molecule has 2 aliphatic rings. The summed E-state index contributed by atoms with van der Waals surface area (Å²) in [4.78, 5) is 68.3. The van der Waals surface area contributed by atoms with E-state index in [-0.39, 0.29) is 23.8 Å². The number of aryl methyl sites for hydroxylation is 1. The molecule has 5 heterocycles. The number of unbranched alkanes of at least 4 members (excludes halogenated alkanes) is 3. The van der Waals surface area contributed by atoms with Crippen LogP contribution in [0.3, 0.4) is 0 Å². The van der Waals surface area contributed by atoms with Gasteiger partial charge in [0.05, 0.1) is 23.0 Å². The maximum Gasteiger partial charge on any atom is 0.408 e. The molecular formula is C39H36F3N9O5. The van der Waals surface area contributed by atoms with Crippen molar-refractivity contribution < 1.29 is 32.3 Å². The average Bonchev–Trinajstić information content (AvgIpc) is 3.88. The Labute approximate surface area is 317 Å². The number of alkyl halides is 3. The lowest BCUT2D eigenvalue weighted by Crippen LogP contribution is -2.40. The molecule has 0 bridgehead atoms. The van der Waals surface area contributed by atoms with Gasteiger partial charge in [-0.15, -0.1) is 0 Å². The minimum Gasteiger partial charge on any atom is -0.355 e. The van der Waals surface area contributed by atoms with E-state index in [1.165, 1.54) is 6.07 Å². The van der Waals surface area contributed by atoms with Gasteiger partial charge in [0.1, 0.15) is 13.1 Å². The van der Waals surface area contributed by atoms with E-state index in [9.17, 15) is 37.1 Å². The third-order valence-electron chi connectivity index (χ3n) is 9.52. The number of urea groups is 1. The van der Waals surface area contributed by atoms with E-state index in [2.05, 4.69) is 25.8 Å². The smallest absolute Gasteiger partial charge is 0.355 e. The van der Waals surface area contributed by atoms with Crippen LogP contribution >= 0.6 is 0 Å². The van der Waals surface area contributed by atoms with Crippen molar-refractivity contribution >= 4 is 40.3 Å². The molecule has 0 fully saturated rings. The number of carbonyl (C=O) groups excluding carboxylic acids is 4.